The minimum absolute atomic E-state index is 1.11. The second-order valence-corrected chi connectivity index (χ2v) is 3.89. The van der Waals surface area contributed by atoms with Crippen LogP contribution in [0.25, 0.3) is 0 Å². The highest BCUT2D eigenvalue weighted by Crippen LogP contribution is 2.23. The maximum atomic E-state index is 4.37. The summed E-state index contributed by atoms with van der Waals surface area (Å²) in [5.41, 5.74) is 2.55. The number of rotatable bonds is 0. The Labute approximate surface area is 80.6 Å². The van der Waals surface area contributed by atoms with E-state index >= 15 is 0 Å². The summed E-state index contributed by atoms with van der Waals surface area (Å²) >= 11 is 6.69. The van der Waals surface area contributed by atoms with Crippen LogP contribution in [-0.2, 0) is 0 Å². The SMILES string of the molecule is Cc1ccc(C)c(I)c1S. The van der Waals surface area contributed by atoms with Gasteiger partial charge in [0, 0.05) is 8.47 Å². The summed E-state index contributed by atoms with van der Waals surface area (Å²) < 4.78 is 1.26. The Bertz CT molecular complexity index is 229. The van der Waals surface area contributed by atoms with E-state index in [-0.39, 0.29) is 0 Å². The van der Waals surface area contributed by atoms with Crippen molar-refractivity contribution in [1.29, 1.82) is 0 Å². The minimum atomic E-state index is 1.11. The molecule has 10 heavy (non-hydrogen) atoms. The molecule has 0 fully saturated rings. The van der Waals surface area contributed by atoms with Crippen LogP contribution in [0.1, 0.15) is 11.1 Å². The van der Waals surface area contributed by atoms with Gasteiger partial charge in [-0.2, -0.15) is 0 Å². The third-order valence-electron chi connectivity index (χ3n) is 1.51. The molecule has 1 rings (SSSR count). The molecule has 1 aromatic rings. The van der Waals surface area contributed by atoms with E-state index in [4.69, 9.17) is 0 Å². The summed E-state index contributed by atoms with van der Waals surface area (Å²) in [5, 5.41) is 0. The van der Waals surface area contributed by atoms with Gasteiger partial charge in [0.05, 0.1) is 0 Å². The van der Waals surface area contributed by atoms with Gasteiger partial charge in [0.2, 0.25) is 0 Å². The predicted molar refractivity (Wildman–Crippen MR) is 55.9 cm³/mol. The molecule has 0 aromatic heterocycles. The first kappa shape index (κ1) is 8.40. The van der Waals surface area contributed by atoms with E-state index in [1.54, 1.807) is 0 Å². The Kier molecular flexibility index (Phi) is 2.63. The molecule has 0 radical (unpaired) electrons. The van der Waals surface area contributed by atoms with Crippen molar-refractivity contribution in [3.63, 3.8) is 0 Å². The molecule has 0 saturated carbocycles. The van der Waals surface area contributed by atoms with Gasteiger partial charge in [-0.25, -0.2) is 0 Å². The Morgan fingerprint density at radius 2 is 1.70 bits per heavy atom. The maximum Gasteiger partial charge on any atom is 0.0295 e. The third kappa shape index (κ3) is 1.48. The molecule has 0 bridgehead atoms. The molecule has 0 unspecified atom stereocenters. The second kappa shape index (κ2) is 3.13. The molecule has 1 aromatic carbocycles. The van der Waals surface area contributed by atoms with Gasteiger partial charge in [0.25, 0.3) is 0 Å². The molecular formula is C8H9IS. The average Bonchev–Trinajstić information content (AvgIpc) is 1.93. The van der Waals surface area contributed by atoms with Crippen LogP contribution in [0.4, 0.5) is 0 Å². The number of benzene rings is 1. The minimum Gasteiger partial charge on any atom is -0.142 e. The number of hydrogen-bond donors (Lipinski definition) is 1. The monoisotopic (exact) mass is 264 g/mol. The van der Waals surface area contributed by atoms with Crippen molar-refractivity contribution in [2.75, 3.05) is 0 Å². The molecule has 0 amide bonds. The van der Waals surface area contributed by atoms with Crippen molar-refractivity contribution in [1.82, 2.24) is 0 Å². The number of aryl methyl sites for hydroxylation is 2. The van der Waals surface area contributed by atoms with Crippen LogP contribution in [-0.4, -0.2) is 0 Å². The maximum absolute atomic E-state index is 4.37. The van der Waals surface area contributed by atoms with Gasteiger partial charge >= 0.3 is 0 Å². The normalized spacial score (nSPS) is 10.0. The van der Waals surface area contributed by atoms with Crippen molar-refractivity contribution in [2.45, 2.75) is 18.7 Å². The molecule has 0 aliphatic heterocycles. The zero-order valence-corrected chi connectivity index (χ0v) is 9.03. The highest BCUT2D eigenvalue weighted by atomic mass is 127. The third-order valence-corrected chi connectivity index (χ3v) is 3.90. The Morgan fingerprint density at radius 1 is 1.20 bits per heavy atom. The van der Waals surface area contributed by atoms with E-state index < -0.39 is 0 Å². The lowest BCUT2D eigenvalue weighted by atomic mass is 10.2. The van der Waals surface area contributed by atoms with Crippen molar-refractivity contribution >= 4 is 35.2 Å². The fourth-order valence-electron chi connectivity index (χ4n) is 0.762. The zero-order chi connectivity index (χ0) is 7.72. The fraction of sp³-hybridized carbons (Fsp3) is 0.250. The highest BCUT2D eigenvalue weighted by Gasteiger charge is 2.00. The molecule has 0 aliphatic carbocycles. The first-order valence-electron chi connectivity index (χ1n) is 3.07. The van der Waals surface area contributed by atoms with Crippen LogP contribution >= 0.6 is 35.2 Å². The van der Waals surface area contributed by atoms with Crippen molar-refractivity contribution in [2.24, 2.45) is 0 Å². The Hall–Kier alpha value is 0.300. The lowest BCUT2D eigenvalue weighted by molar-refractivity contribution is 1.23. The van der Waals surface area contributed by atoms with Crippen LogP contribution < -0.4 is 0 Å². The van der Waals surface area contributed by atoms with Crippen LogP contribution in [0.5, 0.6) is 0 Å². The van der Waals surface area contributed by atoms with E-state index in [9.17, 15) is 0 Å². The van der Waals surface area contributed by atoms with Gasteiger partial charge in [-0.05, 0) is 47.6 Å². The first-order chi connectivity index (χ1) is 4.63. The average molecular weight is 264 g/mol. The van der Waals surface area contributed by atoms with Crippen LogP contribution in [0.3, 0.4) is 0 Å². The molecule has 0 nitrogen and oxygen atoms in total. The Morgan fingerprint density at radius 3 is 2.20 bits per heavy atom. The van der Waals surface area contributed by atoms with Crippen LogP contribution in [0, 0.1) is 17.4 Å². The largest absolute Gasteiger partial charge is 0.142 e. The van der Waals surface area contributed by atoms with E-state index in [0.717, 1.165) is 4.90 Å². The smallest absolute Gasteiger partial charge is 0.0295 e. The Balaban J connectivity index is 3.34. The van der Waals surface area contributed by atoms with Gasteiger partial charge in [-0.3, -0.25) is 0 Å². The van der Waals surface area contributed by atoms with Crippen molar-refractivity contribution < 1.29 is 0 Å². The van der Waals surface area contributed by atoms with Crippen LogP contribution in [0.2, 0.25) is 0 Å². The van der Waals surface area contributed by atoms with Gasteiger partial charge in [-0.15, -0.1) is 12.6 Å². The molecule has 0 aliphatic rings. The molecular weight excluding hydrogens is 255 g/mol. The van der Waals surface area contributed by atoms with Crippen molar-refractivity contribution in [3.8, 4) is 0 Å². The predicted octanol–water partition coefficient (Wildman–Crippen LogP) is 3.20. The standard InChI is InChI=1S/C8H9IS/c1-5-3-4-6(2)8(10)7(5)9/h3-4,10H,1-2H3. The first-order valence-corrected chi connectivity index (χ1v) is 4.60. The zero-order valence-electron chi connectivity index (χ0n) is 5.98. The molecule has 0 spiro atoms. The molecule has 0 heterocycles. The van der Waals surface area contributed by atoms with Gasteiger partial charge in [0.1, 0.15) is 0 Å². The van der Waals surface area contributed by atoms with E-state index in [0.29, 0.717) is 0 Å². The quantitative estimate of drug-likeness (QED) is 0.540. The topological polar surface area (TPSA) is 0 Å². The van der Waals surface area contributed by atoms with E-state index in [1.807, 2.05) is 0 Å². The summed E-state index contributed by atoms with van der Waals surface area (Å²) in [6.45, 7) is 4.17. The summed E-state index contributed by atoms with van der Waals surface area (Å²) in [6.07, 6.45) is 0. The summed E-state index contributed by atoms with van der Waals surface area (Å²) in [5.74, 6) is 0. The lowest BCUT2D eigenvalue weighted by Crippen LogP contribution is -1.85. The number of halogens is 1. The highest BCUT2D eigenvalue weighted by molar-refractivity contribution is 14.1. The summed E-state index contributed by atoms with van der Waals surface area (Å²) in [7, 11) is 0. The number of hydrogen-bond acceptors (Lipinski definition) is 1. The van der Waals surface area contributed by atoms with Gasteiger partial charge < -0.3 is 0 Å². The van der Waals surface area contributed by atoms with E-state index in [2.05, 4.69) is 61.2 Å². The fourth-order valence-corrected chi connectivity index (χ4v) is 1.62. The molecule has 0 saturated heterocycles. The molecule has 0 atom stereocenters. The molecule has 0 N–H and O–H groups in total. The summed E-state index contributed by atoms with van der Waals surface area (Å²) in [6, 6.07) is 4.22. The lowest BCUT2D eigenvalue weighted by Gasteiger charge is -2.03. The van der Waals surface area contributed by atoms with Gasteiger partial charge in [-0.1, -0.05) is 12.1 Å². The van der Waals surface area contributed by atoms with Gasteiger partial charge in [0.15, 0.2) is 0 Å². The molecule has 2 heteroatoms. The molecule has 54 valence electrons. The van der Waals surface area contributed by atoms with Crippen molar-refractivity contribution in [3.05, 3.63) is 26.8 Å². The summed E-state index contributed by atoms with van der Waals surface area (Å²) in [4.78, 5) is 1.11. The second-order valence-electron chi connectivity index (χ2n) is 2.36. The van der Waals surface area contributed by atoms with Crippen LogP contribution in [0.15, 0.2) is 17.0 Å². The number of thiol groups is 1. The van der Waals surface area contributed by atoms with E-state index in [1.165, 1.54) is 14.7 Å².